The molecule has 154 valence electrons. The van der Waals surface area contributed by atoms with Crippen molar-refractivity contribution in [3.05, 3.63) is 52.5 Å². The van der Waals surface area contributed by atoms with Crippen molar-refractivity contribution >= 4 is 46.4 Å². The van der Waals surface area contributed by atoms with E-state index in [4.69, 9.17) is 33.7 Å². The van der Waals surface area contributed by atoms with E-state index in [0.717, 1.165) is 12.2 Å². The van der Waals surface area contributed by atoms with E-state index in [9.17, 15) is 9.59 Å². The van der Waals surface area contributed by atoms with Gasteiger partial charge in [0.15, 0.2) is 0 Å². The van der Waals surface area contributed by atoms with Gasteiger partial charge in [0.1, 0.15) is 5.75 Å². The minimum absolute atomic E-state index is 0.0167. The van der Waals surface area contributed by atoms with Crippen molar-refractivity contribution in [2.75, 3.05) is 30.7 Å². The van der Waals surface area contributed by atoms with Gasteiger partial charge in [-0.05, 0) is 37.1 Å². The van der Waals surface area contributed by atoms with Crippen LogP contribution in [0.15, 0.2) is 42.5 Å². The van der Waals surface area contributed by atoms with Gasteiger partial charge in [-0.3, -0.25) is 9.59 Å². The summed E-state index contributed by atoms with van der Waals surface area (Å²) in [4.78, 5) is 26.9. The van der Waals surface area contributed by atoms with Crippen LogP contribution in [0.1, 0.15) is 19.3 Å². The Hall–Kier alpha value is -2.44. The quantitative estimate of drug-likeness (QED) is 0.664. The zero-order chi connectivity index (χ0) is 20.8. The molecule has 1 atom stereocenters. The van der Waals surface area contributed by atoms with Gasteiger partial charge in [-0.2, -0.15) is 0 Å². The molecule has 2 amide bonds. The highest BCUT2D eigenvalue weighted by atomic mass is 35.5. The number of carbonyl (C=O) groups is 2. The maximum atomic E-state index is 12.7. The van der Waals surface area contributed by atoms with Gasteiger partial charge in [-0.15, -0.1) is 0 Å². The highest BCUT2D eigenvalue weighted by Gasteiger charge is 2.28. The van der Waals surface area contributed by atoms with E-state index < -0.39 is 0 Å². The number of hydrogen-bond acceptors (Lipinski definition) is 4. The molecule has 6 nitrogen and oxygen atoms in total. The predicted molar refractivity (Wildman–Crippen MR) is 115 cm³/mol. The van der Waals surface area contributed by atoms with Gasteiger partial charge in [0, 0.05) is 18.8 Å². The average Bonchev–Trinajstić information content (AvgIpc) is 2.72. The fourth-order valence-electron chi connectivity index (χ4n) is 3.25. The molecular weight excluding hydrogens is 413 g/mol. The first-order chi connectivity index (χ1) is 13.9. The largest absolute Gasteiger partial charge is 0.493 e. The van der Waals surface area contributed by atoms with E-state index in [-0.39, 0.29) is 39.9 Å². The van der Waals surface area contributed by atoms with Crippen LogP contribution >= 0.6 is 23.2 Å². The third-order valence-electron chi connectivity index (χ3n) is 4.82. The van der Waals surface area contributed by atoms with Gasteiger partial charge in [-0.1, -0.05) is 41.4 Å². The molecule has 3 rings (SSSR count). The molecular formula is C21H23Cl2N3O3. The van der Waals surface area contributed by atoms with Gasteiger partial charge in [-0.25, -0.2) is 0 Å². The minimum atomic E-state index is -0.294. The molecule has 29 heavy (non-hydrogen) atoms. The summed E-state index contributed by atoms with van der Waals surface area (Å²) in [7, 11) is 0. The van der Waals surface area contributed by atoms with Crippen LogP contribution in [0.5, 0.6) is 5.75 Å². The Morgan fingerprint density at radius 1 is 1.17 bits per heavy atom. The number of benzene rings is 2. The van der Waals surface area contributed by atoms with E-state index in [1.165, 1.54) is 0 Å². The molecule has 2 aromatic carbocycles. The summed E-state index contributed by atoms with van der Waals surface area (Å²) in [5, 5.41) is 3.39. The van der Waals surface area contributed by atoms with Crippen LogP contribution in [0.3, 0.4) is 0 Å². The maximum absolute atomic E-state index is 12.7. The molecule has 0 bridgehead atoms. The molecule has 1 aliphatic rings. The highest BCUT2D eigenvalue weighted by molar-refractivity contribution is 6.39. The molecule has 0 aromatic heterocycles. The first kappa shape index (κ1) is 21.3. The lowest BCUT2D eigenvalue weighted by molar-refractivity contribution is -0.135. The first-order valence-electron chi connectivity index (χ1n) is 9.45. The summed E-state index contributed by atoms with van der Waals surface area (Å²) >= 11 is 12.0. The number of piperidine rings is 1. The summed E-state index contributed by atoms with van der Waals surface area (Å²) in [5.74, 6) is 0.256. The number of hydrogen-bond donors (Lipinski definition) is 2. The zero-order valence-electron chi connectivity index (χ0n) is 15.9. The Morgan fingerprint density at radius 3 is 2.55 bits per heavy atom. The predicted octanol–water partition coefficient (Wildman–Crippen LogP) is 4.22. The molecule has 0 spiro atoms. The monoisotopic (exact) mass is 435 g/mol. The number of likely N-dealkylation sites (tertiary alicyclic amines) is 1. The smallest absolute Gasteiger partial charge is 0.229 e. The number of para-hydroxylation sites is 1. The molecule has 1 unspecified atom stereocenters. The topological polar surface area (TPSA) is 84.7 Å². The van der Waals surface area contributed by atoms with Crippen LogP contribution in [0.4, 0.5) is 11.4 Å². The van der Waals surface area contributed by atoms with E-state index in [0.29, 0.717) is 31.8 Å². The number of amides is 2. The fourth-order valence-corrected chi connectivity index (χ4v) is 3.74. The number of nitrogen functional groups attached to an aromatic ring is 1. The Bertz CT molecular complexity index is 854. The average molecular weight is 436 g/mol. The van der Waals surface area contributed by atoms with Crippen LogP contribution in [0, 0.1) is 5.92 Å². The Balaban J connectivity index is 1.51. The summed E-state index contributed by atoms with van der Waals surface area (Å²) in [6.07, 6.45) is 1.76. The number of carbonyl (C=O) groups excluding carboxylic acids is 2. The van der Waals surface area contributed by atoms with Gasteiger partial charge >= 0.3 is 0 Å². The van der Waals surface area contributed by atoms with E-state index >= 15 is 0 Å². The van der Waals surface area contributed by atoms with Crippen molar-refractivity contribution in [1.29, 1.82) is 0 Å². The van der Waals surface area contributed by atoms with Gasteiger partial charge < -0.3 is 20.7 Å². The summed E-state index contributed by atoms with van der Waals surface area (Å²) in [6.45, 7) is 1.33. The Kier molecular flexibility index (Phi) is 7.23. The first-order valence-corrected chi connectivity index (χ1v) is 10.2. The number of nitrogens with two attached hydrogens (primary N) is 1. The van der Waals surface area contributed by atoms with Crippen LogP contribution in [-0.2, 0) is 9.59 Å². The number of nitrogens with zero attached hydrogens (tertiary/aromatic N) is 1. The molecule has 2 aromatic rings. The molecule has 0 saturated carbocycles. The third kappa shape index (κ3) is 5.78. The van der Waals surface area contributed by atoms with Crippen LogP contribution in [0.25, 0.3) is 0 Å². The van der Waals surface area contributed by atoms with Crippen molar-refractivity contribution in [2.24, 2.45) is 5.92 Å². The van der Waals surface area contributed by atoms with Crippen molar-refractivity contribution < 1.29 is 14.3 Å². The SMILES string of the molecule is Nc1c(Cl)cc(NC(=O)C2CCCN(C(=O)CCOc3ccccc3)C2)cc1Cl. The number of rotatable bonds is 6. The van der Waals surface area contributed by atoms with Gasteiger partial charge in [0.25, 0.3) is 0 Å². The molecule has 8 heteroatoms. The number of anilines is 2. The second kappa shape index (κ2) is 9.85. The zero-order valence-corrected chi connectivity index (χ0v) is 17.4. The molecule has 1 saturated heterocycles. The summed E-state index contributed by atoms with van der Waals surface area (Å²) in [5.41, 5.74) is 6.48. The summed E-state index contributed by atoms with van der Waals surface area (Å²) < 4.78 is 5.59. The van der Waals surface area contributed by atoms with Gasteiger partial charge in [0.05, 0.1) is 34.7 Å². The van der Waals surface area contributed by atoms with Crippen LogP contribution in [0.2, 0.25) is 10.0 Å². The molecule has 1 heterocycles. The molecule has 3 N–H and O–H groups in total. The summed E-state index contributed by atoms with van der Waals surface area (Å²) in [6, 6.07) is 12.5. The molecule has 1 fully saturated rings. The van der Waals surface area contributed by atoms with Crippen LogP contribution in [-0.4, -0.2) is 36.4 Å². The third-order valence-corrected chi connectivity index (χ3v) is 5.44. The van der Waals surface area contributed by atoms with E-state index in [1.54, 1.807) is 17.0 Å². The lowest BCUT2D eigenvalue weighted by Gasteiger charge is -2.32. The Labute approximate surface area is 179 Å². The number of nitrogens with one attached hydrogen (secondary N) is 1. The van der Waals surface area contributed by atoms with Gasteiger partial charge in [0.2, 0.25) is 11.8 Å². The minimum Gasteiger partial charge on any atom is -0.493 e. The Morgan fingerprint density at radius 2 is 1.86 bits per heavy atom. The highest BCUT2D eigenvalue weighted by Crippen LogP contribution is 2.31. The second-order valence-corrected chi connectivity index (χ2v) is 7.75. The van der Waals surface area contributed by atoms with Crippen molar-refractivity contribution in [1.82, 2.24) is 4.90 Å². The second-order valence-electron chi connectivity index (χ2n) is 6.93. The van der Waals surface area contributed by atoms with Crippen molar-refractivity contribution in [3.8, 4) is 5.75 Å². The normalized spacial score (nSPS) is 16.3. The standard InChI is InChI=1S/C21H23Cl2N3O3/c22-17-11-15(12-18(23)20(17)24)25-21(28)14-5-4-9-26(13-14)19(27)8-10-29-16-6-2-1-3-7-16/h1-3,6-7,11-12,14H,4-5,8-10,13,24H2,(H,25,28). The lowest BCUT2D eigenvalue weighted by atomic mass is 9.96. The molecule has 0 aliphatic carbocycles. The maximum Gasteiger partial charge on any atom is 0.229 e. The number of ether oxygens (including phenoxy) is 1. The number of halogens is 2. The fraction of sp³-hybridized carbons (Fsp3) is 0.333. The van der Waals surface area contributed by atoms with E-state index in [1.807, 2.05) is 30.3 Å². The van der Waals surface area contributed by atoms with Crippen LogP contribution < -0.4 is 15.8 Å². The molecule has 1 aliphatic heterocycles. The lowest BCUT2D eigenvalue weighted by Crippen LogP contribution is -2.44. The molecule has 0 radical (unpaired) electrons. The van der Waals surface area contributed by atoms with Crippen molar-refractivity contribution in [3.63, 3.8) is 0 Å². The van der Waals surface area contributed by atoms with E-state index in [2.05, 4.69) is 5.32 Å². The van der Waals surface area contributed by atoms with Crippen molar-refractivity contribution in [2.45, 2.75) is 19.3 Å².